The van der Waals surface area contributed by atoms with Gasteiger partial charge in [-0.3, -0.25) is 0 Å². The molecule has 0 spiro atoms. The molecule has 0 amide bonds. The van der Waals surface area contributed by atoms with Crippen LogP contribution in [-0.4, -0.2) is 19.1 Å². The Labute approximate surface area is 149 Å². The zero-order chi connectivity index (χ0) is 18.7. The quantitative estimate of drug-likeness (QED) is 0.900. The van der Waals surface area contributed by atoms with Crippen LogP contribution in [0.25, 0.3) is 23.6 Å². The molecule has 2 aromatic rings. The minimum absolute atomic E-state index is 0.421. The number of anilines is 2. The molecule has 0 aliphatic heterocycles. The van der Waals surface area contributed by atoms with Crippen molar-refractivity contribution in [3.8, 4) is 11.3 Å². The molecule has 4 nitrogen and oxygen atoms in total. The Morgan fingerprint density at radius 2 is 1.80 bits per heavy atom. The van der Waals surface area contributed by atoms with Gasteiger partial charge in [-0.15, -0.1) is 0 Å². The SMILES string of the molecule is C=c1cc(-c2cc(C)c(NC)c(C)c2)nc(N)/c1=C(/C=C(C)C)OC. The molecule has 0 aliphatic rings. The van der Waals surface area contributed by atoms with Gasteiger partial charge in [0, 0.05) is 18.3 Å². The molecule has 25 heavy (non-hydrogen) atoms. The molecule has 1 heterocycles. The molecule has 0 aliphatic carbocycles. The number of benzene rings is 1. The fourth-order valence-corrected chi connectivity index (χ4v) is 3.05. The summed E-state index contributed by atoms with van der Waals surface area (Å²) in [6.07, 6.45) is 1.94. The lowest BCUT2D eigenvalue weighted by Crippen LogP contribution is -2.31. The monoisotopic (exact) mass is 337 g/mol. The van der Waals surface area contributed by atoms with Crippen LogP contribution in [0.3, 0.4) is 0 Å². The normalized spacial score (nSPS) is 11.8. The van der Waals surface area contributed by atoms with E-state index in [4.69, 9.17) is 10.5 Å². The number of allylic oxidation sites excluding steroid dienone is 1. The number of nitrogen functional groups attached to an aromatic ring is 1. The highest BCUT2D eigenvalue weighted by molar-refractivity contribution is 5.70. The van der Waals surface area contributed by atoms with Gasteiger partial charge in [-0.1, -0.05) is 12.2 Å². The molecule has 2 rings (SSSR count). The highest BCUT2D eigenvalue weighted by atomic mass is 16.5. The number of aryl methyl sites for hydroxylation is 2. The van der Waals surface area contributed by atoms with Crippen molar-refractivity contribution in [2.45, 2.75) is 27.7 Å². The summed E-state index contributed by atoms with van der Waals surface area (Å²) >= 11 is 0. The first kappa shape index (κ1) is 18.6. The number of nitrogens with one attached hydrogen (secondary N) is 1. The van der Waals surface area contributed by atoms with E-state index in [2.05, 4.69) is 42.9 Å². The third-order valence-corrected chi connectivity index (χ3v) is 4.09. The van der Waals surface area contributed by atoms with Crippen molar-refractivity contribution in [1.29, 1.82) is 0 Å². The van der Waals surface area contributed by atoms with E-state index >= 15 is 0 Å². The second kappa shape index (κ2) is 7.43. The van der Waals surface area contributed by atoms with Gasteiger partial charge in [0.05, 0.1) is 18.0 Å². The average molecular weight is 337 g/mol. The Balaban J connectivity index is 2.72. The summed E-state index contributed by atoms with van der Waals surface area (Å²) in [4.78, 5) is 4.61. The van der Waals surface area contributed by atoms with Crippen molar-refractivity contribution in [1.82, 2.24) is 4.98 Å². The molecule has 0 fully saturated rings. The molecule has 1 aromatic carbocycles. The zero-order valence-corrected chi connectivity index (χ0v) is 15.9. The molecule has 3 N–H and O–H groups in total. The Morgan fingerprint density at radius 1 is 1.20 bits per heavy atom. The van der Waals surface area contributed by atoms with Crippen LogP contribution in [-0.2, 0) is 4.74 Å². The molecule has 4 heteroatoms. The van der Waals surface area contributed by atoms with E-state index in [0.717, 1.165) is 33.0 Å². The maximum Gasteiger partial charge on any atom is 0.135 e. The Bertz CT molecular complexity index is 915. The number of hydrogen-bond donors (Lipinski definition) is 2. The maximum absolute atomic E-state index is 6.25. The summed E-state index contributed by atoms with van der Waals surface area (Å²) in [5.41, 5.74) is 12.7. The molecule has 1 aromatic heterocycles. The highest BCUT2D eigenvalue weighted by Gasteiger charge is 2.09. The summed E-state index contributed by atoms with van der Waals surface area (Å²) in [6.45, 7) is 12.3. The number of rotatable bonds is 4. The van der Waals surface area contributed by atoms with Gasteiger partial charge >= 0.3 is 0 Å². The lowest BCUT2D eigenvalue weighted by Gasteiger charge is -2.13. The summed E-state index contributed by atoms with van der Waals surface area (Å²) in [5.74, 6) is 1.10. The molecule has 0 unspecified atom stereocenters. The minimum Gasteiger partial charge on any atom is -0.496 e. The fraction of sp³-hybridized carbons (Fsp3) is 0.286. The van der Waals surface area contributed by atoms with Crippen LogP contribution in [0.1, 0.15) is 25.0 Å². The summed E-state index contributed by atoms with van der Waals surface area (Å²) in [7, 11) is 3.56. The van der Waals surface area contributed by atoms with Gasteiger partial charge in [-0.05, 0) is 68.3 Å². The van der Waals surface area contributed by atoms with Crippen LogP contribution in [0.2, 0.25) is 0 Å². The minimum atomic E-state index is 0.421. The molecule has 0 atom stereocenters. The number of pyridine rings is 1. The third-order valence-electron chi connectivity index (χ3n) is 4.09. The first-order valence-electron chi connectivity index (χ1n) is 8.26. The zero-order valence-electron chi connectivity index (χ0n) is 15.9. The topological polar surface area (TPSA) is 60.2 Å². The van der Waals surface area contributed by atoms with Crippen LogP contribution in [0.15, 0.2) is 29.8 Å². The van der Waals surface area contributed by atoms with Crippen molar-refractivity contribution in [3.63, 3.8) is 0 Å². The molecule has 0 radical (unpaired) electrons. The second-order valence-electron chi connectivity index (χ2n) is 6.45. The highest BCUT2D eigenvalue weighted by Crippen LogP contribution is 2.26. The van der Waals surface area contributed by atoms with Gasteiger partial charge in [0.1, 0.15) is 11.6 Å². The molecule has 0 saturated heterocycles. The number of ether oxygens (including phenoxy) is 1. The van der Waals surface area contributed by atoms with Gasteiger partial charge in [0.15, 0.2) is 0 Å². The van der Waals surface area contributed by atoms with Crippen molar-refractivity contribution in [3.05, 3.63) is 51.4 Å². The van der Waals surface area contributed by atoms with Crippen molar-refractivity contribution in [2.75, 3.05) is 25.2 Å². The van der Waals surface area contributed by atoms with Crippen LogP contribution in [0, 0.1) is 13.8 Å². The van der Waals surface area contributed by atoms with Crippen LogP contribution in [0.4, 0.5) is 11.5 Å². The fourth-order valence-electron chi connectivity index (χ4n) is 3.05. The van der Waals surface area contributed by atoms with Crippen molar-refractivity contribution >= 4 is 23.8 Å². The lowest BCUT2D eigenvalue weighted by atomic mass is 10.0. The van der Waals surface area contributed by atoms with Gasteiger partial charge in [-0.2, -0.15) is 0 Å². The Kier molecular flexibility index (Phi) is 5.52. The molecular weight excluding hydrogens is 310 g/mol. The lowest BCUT2D eigenvalue weighted by molar-refractivity contribution is 0.369. The Morgan fingerprint density at radius 3 is 2.24 bits per heavy atom. The predicted octanol–water partition coefficient (Wildman–Crippen LogP) is 3.12. The first-order valence-corrected chi connectivity index (χ1v) is 8.26. The molecule has 132 valence electrons. The van der Waals surface area contributed by atoms with Crippen LogP contribution < -0.4 is 21.5 Å². The number of aromatic nitrogens is 1. The number of nitrogens with zero attached hydrogens (tertiary/aromatic N) is 1. The largest absolute Gasteiger partial charge is 0.496 e. The van der Waals surface area contributed by atoms with E-state index in [9.17, 15) is 0 Å². The van der Waals surface area contributed by atoms with E-state index in [1.54, 1.807) is 7.11 Å². The van der Waals surface area contributed by atoms with Gasteiger partial charge in [0.2, 0.25) is 0 Å². The van der Waals surface area contributed by atoms with E-state index in [-0.39, 0.29) is 0 Å². The summed E-state index contributed by atoms with van der Waals surface area (Å²) in [6, 6.07) is 6.17. The van der Waals surface area contributed by atoms with Crippen molar-refractivity contribution in [2.24, 2.45) is 0 Å². The smallest absolute Gasteiger partial charge is 0.135 e. The standard InChI is InChI=1S/C21H27N3O/c1-12(2)8-18(25-7)19-13(3)11-17(24-21(19)22)16-9-14(4)20(23-6)15(5)10-16/h8-11,23H,3H2,1-2,4-7H3,(H2,22,24)/b19-18-. The number of methoxy groups -OCH3 is 1. The number of hydrogen-bond acceptors (Lipinski definition) is 4. The van der Waals surface area contributed by atoms with E-state index in [1.165, 1.54) is 11.1 Å². The molecule has 0 saturated carbocycles. The number of nitrogens with two attached hydrogens (primary N) is 1. The van der Waals surface area contributed by atoms with Crippen LogP contribution in [0.5, 0.6) is 0 Å². The van der Waals surface area contributed by atoms with Gasteiger partial charge in [-0.25, -0.2) is 4.98 Å². The first-order chi connectivity index (χ1) is 11.8. The molecule has 0 bridgehead atoms. The summed E-state index contributed by atoms with van der Waals surface area (Å²) in [5, 5.41) is 4.77. The van der Waals surface area contributed by atoms with Gasteiger partial charge in [0.25, 0.3) is 0 Å². The van der Waals surface area contributed by atoms with E-state index in [0.29, 0.717) is 11.6 Å². The third kappa shape index (κ3) is 3.85. The summed E-state index contributed by atoms with van der Waals surface area (Å²) < 4.78 is 5.49. The van der Waals surface area contributed by atoms with E-state index in [1.807, 2.05) is 33.0 Å². The average Bonchev–Trinajstić information content (AvgIpc) is 2.52. The Hall–Kier alpha value is -2.75. The van der Waals surface area contributed by atoms with E-state index < -0.39 is 0 Å². The molecular formula is C21H27N3O. The van der Waals surface area contributed by atoms with Crippen LogP contribution >= 0.6 is 0 Å². The maximum atomic E-state index is 6.25. The predicted molar refractivity (Wildman–Crippen MR) is 108 cm³/mol. The second-order valence-corrected chi connectivity index (χ2v) is 6.45. The van der Waals surface area contributed by atoms with Crippen molar-refractivity contribution < 1.29 is 4.74 Å². The van der Waals surface area contributed by atoms with Gasteiger partial charge < -0.3 is 15.8 Å².